The van der Waals surface area contributed by atoms with E-state index in [0.29, 0.717) is 35.6 Å². The quantitative estimate of drug-likeness (QED) is 0.283. The van der Waals surface area contributed by atoms with E-state index in [-0.39, 0.29) is 20.1 Å². The van der Waals surface area contributed by atoms with Crippen LogP contribution in [0.4, 0.5) is 0 Å². The van der Waals surface area contributed by atoms with Gasteiger partial charge in [0.25, 0.3) is 0 Å². The number of piperidine rings is 1. The normalized spacial score (nSPS) is 29.2. The number of ether oxygens (including phenoxy) is 1. The zero-order valence-corrected chi connectivity index (χ0v) is 47.7. The number of fused-ring (bicyclic) bond motifs is 3. The van der Waals surface area contributed by atoms with Gasteiger partial charge in [0.1, 0.15) is 0 Å². The standard InChI is InChI=1S/C10H20N2.C9H20N2OS.C9H18N2O.C9H20N2.2C8H16N2.2CH4/c1-9(2)10(3)12-7-5-11(4)6-8-12;1-9(2)13(4,12)11-7-5-10(3)6-8-11;1-7(2)11-5-8-3-10-4-9(6-11)12-8;1-9(2)8-11-6-4-10(3)5-7-11;1-7(2)10-5-8(6-10)3-9-4-8;1-5(2)10-3-6-7(4-10)8(6)9;;/h9H,3,5-8H2,1-2,4H3;9H,4-8H2,1-3H3;7-10H,3-6H2,1-2H3;9H,4-8H2,1-3H3;7,9H,3-6H2,1-2H3;5-8H,3-4,9H2,1-2H3;2*1H4. The molecule has 416 valence electrons. The number of likely N-dealkylation sites (N-methyl/N-ethyl adjacent to an activating group) is 3. The molecule has 1 spiro atoms. The number of hydrogen-bond acceptors (Lipinski definition) is 13. The first-order chi connectivity index (χ1) is 31.9. The number of piperazine rings is 3. The van der Waals surface area contributed by atoms with Gasteiger partial charge in [0.05, 0.1) is 12.2 Å². The van der Waals surface area contributed by atoms with Crippen molar-refractivity contribution in [2.24, 2.45) is 34.8 Å². The largest absolute Gasteiger partial charge is 0.373 e. The van der Waals surface area contributed by atoms with Gasteiger partial charge in [-0.3, -0.25) is 14.0 Å². The Kier molecular flexibility index (Phi) is 28.5. The average Bonchev–Trinajstić information content (AvgIpc) is 3.60. The molecule has 70 heavy (non-hydrogen) atoms. The fourth-order valence-corrected chi connectivity index (χ4v) is 11.7. The Bertz CT molecular complexity index is 1500. The molecule has 8 saturated heterocycles. The first kappa shape index (κ1) is 65.2. The van der Waals surface area contributed by atoms with Crippen LogP contribution < -0.4 is 16.4 Å². The lowest BCUT2D eigenvalue weighted by Crippen LogP contribution is -2.72. The molecule has 0 aromatic carbocycles. The van der Waals surface area contributed by atoms with Crippen molar-refractivity contribution < 1.29 is 8.95 Å². The third-order valence-corrected chi connectivity index (χ3v) is 18.7. The monoisotopic (exact) mass is 1010 g/mol. The second-order valence-corrected chi connectivity index (χ2v) is 26.9. The Morgan fingerprint density at radius 2 is 1.04 bits per heavy atom. The lowest BCUT2D eigenvalue weighted by molar-refractivity contribution is -0.110. The number of likely N-dealkylation sites (tertiary alicyclic amines) is 2. The molecular weight excluding hydrogens is 893 g/mol. The van der Waals surface area contributed by atoms with Crippen LogP contribution >= 0.6 is 0 Å². The summed E-state index contributed by atoms with van der Waals surface area (Å²) in [4.78, 5) is 19.6. The molecule has 8 aliphatic heterocycles. The molecule has 4 N–H and O–H groups in total. The molecule has 1 aliphatic carbocycles. The lowest BCUT2D eigenvalue weighted by atomic mass is 9.74. The topological polar surface area (TPSA) is 106 Å². The first-order valence-electron chi connectivity index (χ1n) is 27.3. The van der Waals surface area contributed by atoms with Gasteiger partial charge in [0.15, 0.2) is 0 Å². The van der Waals surface area contributed by atoms with Crippen molar-refractivity contribution in [3.05, 3.63) is 12.3 Å². The smallest absolute Gasteiger partial charge is 0.0831 e. The highest BCUT2D eigenvalue weighted by Crippen LogP contribution is 2.44. The molecule has 5 unspecified atom stereocenters. The molecule has 5 atom stereocenters. The summed E-state index contributed by atoms with van der Waals surface area (Å²) in [7, 11) is 4.46. The van der Waals surface area contributed by atoms with Crippen LogP contribution in [0.3, 0.4) is 0 Å². The van der Waals surface area contributed by atoms with Crippen molar-refractivity contribution in [3.63, 3.8) is 0 Å². The van der Waals surface area contributed by atoms with Crippen LogP contribution in [-0.2, 0) is 14.4 Å². The van der Waals surface area contributed by atoms with Crippen molar-refractivity contribution in [2.75, 3.05) is 172 Å². The molecule has 0 aromatic rings. The van der Waals surface area contributed by atoms with Gasteiger partial charge in [0.2, 0.25) is 0 Å². The number of allylic oxidation sites excluding steroid dienone is 1. The zero-order valence-electron chi connectivity index (χ0n) is 46.9. The Balaban J connectivity index is 0.000000287. The van der Waals surface area contributed by atoms with E-state index < -0.39 is 9.71 Å². The van der Waals surface area contributed by atoms with E-state index in [1.165, 1.54) is 90.8 Å². The number of rotatable bonds is 9. The van der Waals surface area contributed by atoms with Crippen molar-refractivity contribution in [3.8, 4) is 0 Å². The van der Waals surface area contributed by atoms with Crippen LogP contribution in [0.25, 0.3) is 0 Å². The van der Waals surface area contributed by atoms with Crippen molar-refractivity contribution in [2.45, 2.75) is 140 Å². The first-order valence-corrected chi connectivity index (χ1v) is 29.0. The van der Waals surface area contributed by atoms with E-state index in [4.69, 9.17) is 10.5 Å². The average molecular weight is 1010 g/mol. The van der Waals surface area contributed by atoms with E-state index in [0.717, 1.165) is 95.3 Å². The maximum Gasteiger partial charge on any atom is 0.0831 e. The lowest BCUT2D eigenvalue weighted by Gasteiger charge is -2.57. The minimum Gasteiger partial charge on any atom is -0.373 e. The number of hydrogen-bond donors (Lipinski definition) is 3. The second-order valence-electron chi connectivity index (χ2n) is 24.0. The van der Waals surface area contributed by atoms with E-state index in [9.17, 15) is 4.21 Å². The summed E-state index contributed by atoms with van der Waals surface area (Å²) in [5.41, 5.74) is 7.81. The SMILES string of the molecule is C.C.C=C(C(C)C)N1CCN(C)CC1.C=S(=O)(C(C)C)N1CCN(C)CC1.CC(C)CN1CCN(C)CC1.CC(C)N1CC2(CNC2)C1.CC(C)N1CC2C(N)C2C1.CC(C)N1CC2CNCC(C1)O2. The minimum atomic E-state index is -2.02. The summed E-state index contributed by atoms with van der Waals surface area (Å²) in [6, 6.07) is 2.69. The number of nitrogens with one attached hydrogen (secondary N) is 2. The van der Waals surface area contributed by atoms with Gasteiger partial charge in [-0.15, -0.1) is 0 Å². The second kappa shape index (κ2) is 30.6. The highest BCUT2D eigenvalue weighted by atomic mass is 32.2. The van der Waals surface area contributed by atoms with Gasteiger partial charge < -0.3 is 50.5 Å². The molecule has 15 heteroatoms. The van der Waals surface area contributed by atoms with Gasteiger partial charge >= 0.3 is 0 Å². The summed E-state index contributed by atoms with van der Waals surface area (Å²) in [5, 5.41) is 6.88. The highest BCUT2D eigenvalue weighted by molar-refractivity contribution is 7.98. The van der Waals surface area contributed by atoms with Gasteiger partial charge in [-0.1, -0.05) is 63.0 Å². The Labute approximate surface area is 435 Å². The van der Waals surface area contributed by atoms with Crippen molar-refractivity contribution in [1.82, 2.24) is 54.1 Å². The van der Waals surface area contributed by atoms with E-state index in [1.54, 1.807) is 0 Å². The molecule has 2 bridgehead atoms. The Morgan fingerprint density at radius 1 is 0.629 bits per heavy atom. The summed E-state index contributed by atoms with van der Waals surface area (Å²) in [5.74, 6) is 6.96. The van der Waals surface area contributed by atoms with Crippen LogP contribution in [0.5, 0.6) is 0 Å². The maximum atomic E-state index is 12.1. The van der Waals surface area contributed by atoms with Crippen LogP contribution in [-0.4, -0.2) is 267 Å². The van der Waals surface area contributed by atoms with Gasteiger partial charge in [0, 0.05) is 201 Å². The van der Waals surface area contributed by atoms with E-state index in [1.807, 2.05) is 18.2 Å². The summed E-state index contributed by atoms with van der Waals surface area (Å²) >= 11 is 0. The van der Waals surface area contributed by atoms with Crippen LogP contribution in [0.15, 0.2) is 12.3 Å². The molecule has 14 nitrogen and oxygen atoms in total. The fourth-order valence-electron chi connectivity index (χ4n) is 10.3. The third-order valence-electron chi connectivity index (χ3n) is 16.0. The van der Waals surface area contributed by atoms with Gasteiger partial charge in [-0.05, 0) is 92.2 Å². The molecule has 1 saturated carbocycles. The Hall–Kier alpha value is -0.920. The molecule has 0 radical (unpaired) electrons. The fraction of sp³-hybridized carbons (Fsp3) is 0.945. The minimum absolute atomic E-state index is 0. The molecule has 0 aromatic heterocycles. The van der Waals surface area contributed by atoms with Crippen LogP contribution in [0, 0.1) is 29.1 Å². The van der Waals surface area contributed by atoms with E-state index >= 15 is 0 Å². The Morgan fingerprint density at radius 3 is 1.41 bits per heavy atom. The van der Waals surface area contributed by atoms with Crippen LogP contribution in [0.2, 0.25) is 0 Å². The van der Waals surface area contributed by atoms with Gasteiger partial charge in [-0.2, -0.15) is 0 Å². The summed E-state index contributed by atoms with van der Waals surface area (Å²) < 4.78 is 20.0. The molecule has 9 rings (SSSR count). The molecule has 0 amide bonds. The zero-order chi connectivity index (χ0) is 50.5. The predicted octanol–water partition coefficient (Wildman–Crippen LogP) is 4.49. The maximum absolute atomic E-state index is 12.1. The third kappa shape index (κ3) is 20.7. The van der Waals surface area contributed by atoms with Gasteiger partial charge in [-0.25, -0.2) is 4.31 Å². The summed E-state index contributed by atoms with van der Waals surface area (Å²) in [6.45, 7) is 57.3. The van der Waals surface area contributed by atoms with Crippen molar-refractivity contribution in [1.29, 1.82) is 0 Å². The van der Waals surface area contributed by atoms with Crippen molar-refractivity contribution >= 4 is 15.6 Å². The number of nitrogens with two attached hydrogens (primary N) is 1. The van der Waals surface area contributed by atoms with E-state index in [2.05, 4.69) is 153 Å². The van der Waals surface area contributed by atoms with Crippen LogP contribution in [0.1, 0.15) is 97.9 Å². The molecule has 9 fully saturated rings. The highest BCUT2D eigenvalue weighted by Gasteiger charge is 2.53. The number of morpholine rings is 2. The predicted molar refractivity (Wildman–Crippen MR) is 307 cm³/mol. The molecular formula is C55H118N12O2S. The molecule has 8 heterocycles. The number of nitrogens with zero attached hydrogens (tertiary/aromatic N) is 9. The molecule has 9 aliphatic rings. The summed E-state index contributed by atoms with van der Waals surface area (Å²) in [6.07, 6.45) is 0.861.